The number of amides is 2. The van der Waals surface area contributed by atoms with Crippen LogP contribution in [0.1, 0.15) is 44.1 Å². The van der Waals surface area contributed by atoms with Crippen molar-refractivity contribution in [2.75, 3.05) is 39.3 Å². The van der Waals surface area contributed by atoms with E-state index in [4.69, 9.17) is 0 Å². The van der Waals surface area contributed by atoms with Crippen LogP contribution in [0.3, 0.4) is 0 Å². The third-order valence-corrected chi connectivity index (χ3v) is 10.9. The molecule has 200 valence electrons. The summed E-state index contributed by atoms with van der Waals surface area (Å²) >= 11 is 1.20. The van der Waals surface area contributed by atoms with Crippen LogP contribution < -0.4 is 4.72 Å². The van der Waals surface area contributed by atoms with Crippen LogP contribution >= 0.6 is 11.3 Å². The minimum absolute atomic E-state index is 0.0179. The van der Waals surface area contributed by atoms with Crippen molar-refractivity contribution in [1.29, 1.82) is 0 Å². The Hall–Kier alpha value is -2.27. The number of nitrogens with one attached hydrogen (secondary N) is 1. The number of carbonyl (C=O) groups excluding carboxylic acids is 2. The van der Waals surface area contributed by atoms with Crippen molar-refractivity contribution in [1.82, 2.24) is 19.4 Å². The lowest BCUT2D eigenvalue weighted by Crippen LogP contribution is -2.55. The molecule has 2 amide bonds. The number of nitrogens with zero attached hydrogens (tertiary/aromatic N) is 3. The fraction of sp³-hybridized carbons (Fsp3) is 0.556. The van der Waals surface area contributed by atoms with Crippen molar-refractivity contribution in [2.45, 2.75) is 61.7 Å². The second-order valence-electron chi connectivity index (χ2n) is 10.4. The van der Waals surface area contributed by atoms with Crippen molar-refractivity contribution >= 4 is 33.2 Å². The molecule has 0 radical (unpaired) electrons. The summed E-state index contributed by atoms with van der Waals surface area (Å²) in [7, 11) is -3.86. The molecule has 1 N–H and O–H groups in total. The molecule has 3 aliphatic heterocycles. The normalized spacial score (nSPS) is 23.2. The maximum absolute atomic E-state index is 13.2. The molecule has 2 atom stereocenters. The molecule has 0 aliphatic carbocycles. The van der Waals surface area contributed by atoms with Crippen molar-refractivity contribution < 1.29 is 18.0 Å². The molecular weight excluding hydrogens is 508 g/mol. The Bertz CT molecular complexity index is 1240. The number of hydrogen-bond donors (Lipinski definition) is 1. The quantitative estimate of drug-likeness (QED) is 0.552. The van der Waals surface area contributed by atoms with Gasteiger partial charge in [0.05, 0.1) is 6.54 Å². The third-order valence-electron chi connectivity index (χ3n) is 7.78. The van der Waals surface area contributed by atoms with Crippen LogP contribution in [0.4, 0.5) is 0 Å². The predicted octanol–water partition coefficient (Wildman–Crippen LogP) is 3.08. The van der Waals surface area contributed by atoms with Gasteiger partial charge in [-0.15, -0.1) is 11.3 Å². The first kappa shape index (κ1) is 26.3. The highest BCUT2D eigenvalue weighted by Crippen LogP contribution is 2.33. The number of thiophene rings is 1. The molecule has 1 aromatic carbocycles. The summed E-state index contributed by atoms with van der Waals surface area (Å²) in [5.74, 6) is -0.339. The molecule has 1 aromatic heterocycles. The van der Waals surface area contributed by atoms with Gasteiger partial charge in [-0.2, -0.15) is 4.72 Å². The van der Waals surface area contributed by atoms with Gasteiger partial charge in [-0.1, -0.05) is 24.3 Å². The van der Waals surface area contributed by atoms with Gasteiger partial charge in [0, 0.05) is 30.6 Å². The number of rotatable bonds is 8. The van der Waals surface area contributed by atoms with Crippen LogP contribution in [0.25, 0.3) is 10.4 Å². The maximum Gasteiger partial charge on any atom is 0.250 e. The smallest absolute Gasteiger partial charge is 0.250 e. The summed E-state index contributed by atoms with van der Waals surface area (Å²) in [5, 5.41) is 0. The first-order valence-electron chi connectivity index (χ1n) is 13.3. The minimum atomic E-state index is -3.86. The van der Waals surface area contributed by atoms with Gasteiger partial charge in [0.25, 0.3) is 10.0 Å². The summed E-state index contributed by atoms with van der Waals surface area (Å²) in [6.45, 7) is 6.33. The summed E-state index contributed by atoms with van der Waals surface area (Å²) in [6.07, 6.45) is 5.52. The summed E-state index contributed by atoms with van der Waals surface area (Å²) < 4.78 is 29.2. The Kier molecular flexibility index (Phi) is 7.99. The van der Waals surface area contributed by atoms with E-state index in [1.54, 1.807) is 6.07 Å². The Morgan fingerprint density at radius 2 is 1.76 bits per heavy atom. The van der Waals surface area contributed by atoms with Gasteiger partial charge in [0.2, 0.25) is 11.8 Å². The molecule has 37 heavy (non-hydrogen) atoms. The lowest BCUT2D eigenvalue weighted by atomic mass is 10.1. The Morgan fingerprint density at radius 3 is 2.54 bits per heavy atom. The zero-order chi connectivity index (χ0) is 26.0. The molecule has 3 fully saturated rings. The molecule has 5 rings (SSSR count). The SMILES string of the molecule is Cc1ccccc1-c1ccc(S(=O)(=O)N[C@H]2CCCN(CC(=O)N3CCC[C@H]3CN3CCCC3)C2=O)s1. The highest BCUT2D eigenvalue weighted by molar-refractivity contribution is 7.91. The zero-order valence-corrected chi connectivity index (χ0v) is 23.0. The molecule has 8 nitrogen and oxygen atoms in total. The first-order valence-corrected chi connectivity index (χ1v) is 15.6. The highest BCUT2D eigenvalue weighted by atomic mass is 32.2. The molecule has 10 heteroatoms. The van der Waals surface area contributed by atoms with Crippen LogP contribution in [-0.2, 0) is 19.6 Å². The zero-order valence-electron chi connectivity index (χ0n) is 21.4. The van der Waals surface area contributed by atoms with E-state index in [1.807, 2.05) is 42.2 Å². The van der Waals surface area contributed by atoms with E-state index in [0.717, 1.165) is 55.0 Å². The number of carbonyl (C=O) groups is 2. The molecule has 2 aromatic rings. The molecule has 3 aliphatic rings. The minimum Gasteiger partial charge on any atom is -0.337 e. The van der Waals surface area contributed by atoms with E-state index in [9.17, 15) is 18.0 Å². The fourth-order valence-corrected chi connectivity index (χ4v) is 8.42. The second kappa shape index (κ2) is 11.2. The van der Waals surface area contributed by atoms with Crippen molar-refractivity contribution in [3.8, 4) is 10.4 Å². The Labute approximate surface area is 223 Å². The standard InChI is InChI=1S/C27H36N4O4S2/c1-20-8-2-3-10-22(20)24-12-13-26(36-24)37(34,35)28-23-11-7-16-30(27(23)33)19-25(32)31-17-6-9-21(31)18-29-14-4-5-15-29/h2-3,8,10,12-13,21,23,28H,4-7,9,11,14-19H2,1H3/t21-,23-/m0/s1. The van der Waals surface area contributed by atoms with Crippen molar-refractivity contribution in [3.63, 3.8) is 0 Å². The number of likely N-dealkylation sites (tertiary alicyclic amines) is 3. The van der Waals surface area contributed by atoms with Gasteiger partial charge < -0.3 is 14.7 Å². The Morgan fingerprint density at radius 1 is 1.00 bits per heavy atom. The molecular formula is C27H36N4O4S2. The van der Waals surface area contributed by atoms with Crippen molar-refractivity contribution in [3.05, 3.63) is 42.0 Å². The Balaban J connectivity index is 1.21. The lowest BCUT2D eigenvalue weighted by molar-refractivity contribution is -0.143. The number of benzene rings is 1. The van der Waals surface area contributed by atoms with Crippen LogP contribution in [0.5, 0.6) is 0 Å². The average molecular weight is 545 g/mol. The maximum atomic E-state index is 13.2. The number of hydrogen-bond acceptors (Lipinski definition) is 6. The molecule has 4 heterocycles. The van der Waals surface area contributed by atoms with E-state index in [1.165, 1.54) is 29.1 Å². The van der Waals surface area contributed by atoms with Gasteiger partial charge in [0.1, 0.15) is 10.3 Å². The van der Waals surface area contributed by atoms with Crippen molar-refractivity contribution in [2.24, 2.45) is 0 Å². The second-order valence-corrected chi connectivity index (χ2v) is 13.4. The van der Waals surface area contributed by atoms with Gasteiger partial charge >= 0.3 is 0 Å². The molecule has 0 bridgehead atoms. The number of sulfonamides is 1. The summed E-state index contributed by atoms with van der Waals surface area (Å²) in [6, 6.07) is 10.6. The number of aryl methyl sites for hydroxylation is 1. The average Bonchev–Trinajstić information content (AvgIpc) is 3.64. The molecule has 3 saturated heterocycles. The van der Waals surface area contributed by atoms with Gasteiger partial charge in [-0.25, -0.2) is 8.42 Å². The lowest BCUT2D eigenvalue weighted by Gasteiger charge is -2.34. The summed E-state index contributed by atoms with van der Waals surface area (Å²) in [5.41, 5.74) is 2.07. The first-order chi connectivity index (χ1) is 17.8. The number of piperidine rings is 1. The van der Waals surface area contributed by atoms with E-state index in [2.05, 4.69) is 9.62 Å². The van der Waals surface area contributed by atoms with Crippen LogP contribution in [-0.4, -0.2) is 86.3 Å². The molecule has 0 saturated carbocycles. The third kappa shape index (κ3) is 5.92. The van der Waals surface area contributed by atoms with Crippen LogP contribution in [0.15, 0.2) is 40.6 Å². The molecule has 0 unspecified atom stereocenters. The highest BCUT2D eigenvalue weighted by Gasteiger charge is 2.36. The van der Waals surface area contributed by atoms with E-state index < -0.39 is 16.1 Å². The van der Waals surface area contributed by atoms with Gasteiger partial charge in [-0.05, 0) is 81.8 Å². The van der Waals surface area contributed by atoms with E-state index in [-0.39, 0.29) is 28.6 Å². The topological polar surface area (TPSA) is 90.0 Å². The summed E-state index contributed by atoms with van der Waals surface area (Å²) in [4.78, 5) is 33.2. The predicted molar refractivity (Wildman–Crippen MR) is 145 cm³/mol. The van der Waals surface area contributed by atoms with Crippen LogP contribution in [0.2, 0.25) is 0 Å². The van der Waals surface area contributed by atoms with Crippen LogP contribution in [0, 0.1) is 6.92 Å². The largest absolute Gasteiger partial charge is 0.337 e. The fourth-order valence-electron chi connectivity index (χ4n) is 5.78. The van der Waals surface area contributed by atoms with Gasteiger partial charge in [0.15, 0.2) is 0 Å². The van der Waals surface area contributed by atoms with E-state index >= 15 is 0 Å². The van der Waals surface area contributed by atoms with Gasteiger partial charge in [-0.3, -0.25) is 9.59 Å². The molecule has 0 spiro atoms. The van der Waals surface area contributed by atoms with E-state index in [0.29, 0.717) is 19.4 Å². The monoisotopic (exact) mass is 544 g/mol.